The Morgan fingerprint density at radius 2 is 2.35 bits per heavy atom. The molecular weight excluding hydrogens is 278 g/mol. The molecule has 1 saturated heterocycles. The van der Waals surface area contributed by atoms with Crippen LogP contribution in [0.25, 0.3) is 0 Å². The summed E-state index contributed by atoms with van der Waals surface area (Å²) in [6.07, 6.45) is 2.49. The molecule has 0 radical (unpaired) electrons. The number of nitrogens with two attached hydrogens (primary N) is 1. The largest absolute Gasteiger partial charge is 0.383 e. The van der Waals surface area contributed by atoms with Crippen molar-refractivity contribution >= 4 is 21.5 Å². The Morgan fingerprint density at radius 3 is 2.90 bits per heavy atom. The molecule has 8 heteroatoms. The Bertz CT molecular complexity index is 629. The summed E-state index contributed by atoms with van der Waals surface area (Å²) in [4.78, 5) is 0. The highest BCUT2D eigenvalue weighted by molar-refractivity contribution is 7.91. The number of hydrogen-bond donors (Lipinski definition) is 2. The maximum Gasteiger partial charge on any atom is 0.168 e. The first-order valence-electron chi connectivity index (χ1n) is 6.71. The van der Waals surface area contributed by atoms with Crippen molar-refractivity contribution in [2.45, 2.75) is 32.2 Å². The highest BCUT2D eigenvalue weighted by Gasteiger charge is 2.32. The number of anilines is 2. The van der Waals surface area contributed by atoms with Crippen molar-refractivity contribution in [1.82, 2.24) is 9.78 Å². The molecule has 2 heterocycles. The number of sulfone groups is 1. The molecule has 3 N–H and O–H groups in total. The molecule has 0 aliphatic carbocycles. The smallest absolute Gasteiger partial charge is 0.168 e. The normalized spacial score (nSPS) is 20.7. The third-order valence-electron chi connectivity index (χ3n) is 3.44. The highest BCUT2D eigenvalue weighted by Crippen LogP contribution is 2.30. The average Bonchev–Trinajstić information content (AvgIpc) is 2.90. The first-order valence-corrected chi connectivity index (χ1v) is 8.53. The second-order valence-corrected chi connectivity index (χ2v) is 7.23. The molecule has 1 aromatic rings. The van der Waals surface area contributed by atoms with E-state index in [1.54, 1.807) is 0 Å². The molecule has 0 aromatic carbocycles. The number of nitrogens with zero attached hydrogens (tertiary/aromatic N) is 3. The summed E-state index contributed by atoms with van der Waals surface area (Å²) in [6, 6.07) is 1.77. The van der Waals surface area contributed by atoms with E-state index in [9.17, 15) is 13.7 Å². The lowest BCUT2D eigenvalue weighted by molar-refractivity contribution is 0.508. The maximum absolute atomic E-state index is 11.5. The fourth-order valence-electron chi connectivity index (χ4n) is 2.31. The van der Waals surface area contributed by atoms with Crippen LogP contribution in [0.3, 0.4) is 0 Å². The van der Waals surface area contributed by atoms with Crippen molar-refractivity contribution in [3.63, 3.8) is 0 Å². The molecule has 0 amide bonds. The number of rotatable bonds is 5. The summed E-state index contributed by atoms with van der Waals surface area (Å²) in [5.41, 5.74) is 6.23. The molecule has 110 valence electrons. The van der Waals surface area contributed by atoms with Crippen LogP contribution in [-0.4, -0.2) is 36.2 Å². The standard InChI is InChI=1S/C12H19N5O2S/c1-2-3-5-15-12-10(7-13)11(14)17(16-12)9-4-6-20(18,19)8-9/h9H,2-6,8,14H2,1H3,(H,15,16). The molecular formula is C12H19N5O2S. The summed E-state index contributed by atoms with van der Waals surface area (Å²) in [6.45, 7) is 2.79. The molecule has 0 saturated carbocycles. The molecule has 1 aliphatic rings. The number of nitriles is 1. The van der Waals surface area contributed by atoms with Crippen molar-refractivity contribution in [2.24, 2.45) is 0 Å². The van der Waals surface area contributed by atoms with Crippen molar-refractivity contribution in [2.75, 3.05) is 29.1 Å². The van der Waals surface area contributed by atoms with Gasteiger partial charge in [-0.15, -0.1) is 0 Å². The maximum atomic E-state index is 11.5. The molecule has 20 heavy (non-hydrogen) atoms. The fourth-order valence-corrected chi connectivity index (χ4v) is 4.00. The zero-order valence-electron chi connectivity index (χ0n) is 11.5. The average molecular weight is 297 g/mol. The Kier molecular flexibility index (Phi) is 4.18. The van der Waals surface area contributed by atoms with E-state index in [2.05, 4.69) is 17.3 Å². The first kappa shape index (κ1) is 14.7. The highest BCUT2D eigenvalue weighted by atomic mass is 32.2. The van der Waals surface area contributed by atoms with E-state index in [0.717, 1.165) is 12.8 Å². The molecule has 1 atom stereocenters. The van der Waals surface area contributed by atoms with Gasteiger partial charge >= 0.3 is 0 Å². The van der Waals surface area contributed by atoms with Gasteiger partial charge in [-0.2, -0.15) is 10.4 Å². The number of unbranched alkanes of at least 4 members (excludes halogenated alkanes) is 1. The zero-order valence-corrected chi connectivity index (χ0v) is 12.3. The summed E-state index contributed by atoms with van der Waals surface area (Å²) in [5, 5.41) is 16.6. The first-order chi connectivity index (χ1) is 9.48. The van der Waals surface area contributed by atoms with Crippen LogP contribution in [0, 0.1) is 11.3 Å². The van der Waals surface area contributed by atoms with E-state index < -0.39 is 9.84 Å². The number of aromatic nitrogens is 2. The molecule has 1 fully saturated rings. The molecule has 1 aliphatic heterocycles. The van der Waals surface area contributed by atoms with Crippen LogP contribution in [0.1, 0.15) is 37.8 Å². The lowest BCUT2D eigenvalue weighted by atomic mass is 10.2. The predicted molar refractivity (Wildman–Crippen MR) is 77.1 cm³/mol. The monoisotopic (exact) mass is 297 g/mol. The third kappa shape index (κ3) is 2.88. The Labute approximate surface area is 118 Å². The van der Waals surface area contributed by atoms with Crippen molar-refractivity contribution in [3.8, 4) is 6.07 Å². The van der Waals surface area contributed by atoms with E-state index in [0.29, 0.717) is 24.3 Å². The topological polar surface area (TPSA) is 114 Å². The van der Waals surface area contributed by atoms with Gasteiger partial charge in [-0.05, 0) is 12.8 Å². The number of nitrogen functional groups attached to an aromatic ring is 1. The van der Waals surface area contributed by atoms with Crippen molar-refractivity contribution in [1.29, 1.82) is 5.26 Å². The van der Waals surface area contributed by atoms with Gasteiger partial charge in [0, 0.05) is 6.54 Å². The minimum Gasteiger partial charge on any atom is -0.383 e. The Balaban J connectivity index is 2.25. The predicted octanol–water partition coefficient (Wildman–Crippen LogP) is 0.909. The van der Waals surface area contributed by atoms with E-state index in [-0.39, 0.29) is 23.4 Å². The summed E-state index contributed by atoms with van der Waals surface area (Å²) < 4.78 is 24.6. The number of nitrogens with one attached hydrogen (secondary N) is 1. The minimum absolute atomic E-state index is 0.0398. The van der Waals surface area contributed by atoms with Crippen LogP contribution in [0.2, 0.25) is 0 Å². The van der Waals surface area contributed by atoms with Gasteiger partial charge in [-0.3, -0.25) is 0 Å². The molecule has 1 aromatic heterocycles. The Hall–Kier alpha value is -1.75. The number of hydrogen-bond acceptors (Lipinski definition) is 6. The van der Waals surface area contributed by atoms with Gasteiger partial charge in [0.15, 0.2) is 15.7 Å². The van der Waals surface area contributed by atoms with Crippen LogP contribution < -0.4 is 11.1 Å². The van der Waals surface area contributed by atoms with E-state index in [1.807, 2.05) is 6.07 Å². The van der Waals surface area contributed by atoms with E-state index in [1.165, 1.54) is 4.68 Å². The zero-order chi connectivity index (χ0) is 14.8. The SMILES string of the molecule is CCCCNc1nn(C2CCS(=O)(=O)C2)c(N)c1C#N. The minimum atomic E-state index is -3.01. The van der Waals surface area contributed by atoms with Gasteiger partial charge in [0.2, 0.25) is 0 Å². The van der Waals surface area contributed by atoms with Gasteiger partial charge < -0.3 is 11.1 Å². The summed E-state index contributed by atoms with van der Waals surface area (Å²) in [5.74, 6) is 0.881. The second kappa shape index (κ2) is 5.71. The van der Waals surface area contributed by atoms with Crippen LogP contribution >= 0.6 is 0 Å². The summed E-state index contributed by atoms with van der Waals surface area (Å²) in [7, 11) is -3.01. The van der Waals surface area contributed by atoms with Crippen LogP contribution in [0.15, 0.2) is 0 Å². The van der Waals surface area contributed by atoms with Gasteiger partial charge in [0.25, 0.3) is 0 Å². The van der Waals surface area contributed by atoms with Gasteiger partial charge in [-0.1, -0.05) is 13.3 Å². The molecule has 0 spiro atoms. The lowest BCUT2D eigenvalue weighted by Gasteiger charge is -2.09. The molecule has 7 nitrogen and oxygen atoms in total. The van der Waals surface area contributed by atoms with E-state index >= 15 is 0 Å². The molecule has 2 rings (SSSR count). The summed E-state index contributed by atoms with van der Waals surface area (Å²) >= 11 is 0. The molecule has 1 unspecified atom stereocenters. The van der Waals surface area contributed by atoms with Gasteiger partial charge in [-0.25, -0.2) is 13.1 Å². The van der Waals surface area contributed by atoms with E-state index in [4.69, 9.17) is 5.73 Å². The Morgan fingerprint density at radius 1 is 1.60 bits per heavy atom. The fraction of sp³-hybridized carbons (Fsp3) is 0.667. The van der Waals surface area contributed by atoms with Gasteiger partial charge in [0.1, 0.15) is 17.5 Å². The van der Waals surface area contributed by atoms with Crippen molar-refractivity contribution in [3.05, 3.63) is 5.56 Å². The molecule has 0 bridgehead atoms. The van der Waals surface area contributed by atoms with Crippen LogP contribution in [0.5, 0.6) is 0 Å². The lowest BCUT2D eigenvalue weighted by Crippen LogP contribution is -2.15. The third-order valence-corrected chi connectivity index (χ3v) is 5.19. The second-order valence-electron chi connectivity index (χ2n) is 5.00. The quantitative estimate of drug-likeness (QED) is 0.781. The van der Waals surface area contributed by atoms with Crippen molar-refractivity contribution < 1.29 is 8.42 Å². The van der Waals surface area contributed by atoms with Crippen LogP contribution in [0.4, 0.5) is 11.6 Å². The van der Waals surface area contributed by atoms with Crippen LogP contribution in [-0.2, 0) is 9.84 Å². The van der Waals surface area contributed by atoms with Gasteiger partial charge in [0.05, 0.1) is 17.5 Å².